The number of ether oxygens (including phenoxy) is 2. The number of anilines is 3. The van der Waals surface area contributed by atoms with Crippen molar-refractivity contribution in [2.24, 2.45) is 0 Å². The molecule has 7 nitrogen and oxygen atoms in total. The van der Waals surface area contributed by atoms with Gasteiger partial charge in [-0.25, -0.2) is 9.97 Å². The van der Waals surface area contributed by atoms with Crippen molar-refractivity contribution >= 4 is 23.1 Å². The van der Waals surface area contributed by atoms with E-state index >= 15 is 0 Å². The highest BCUT2D eigenvalue weighted by molar-refractivity contribution is 6.03. The molecule has 0 aliphatic carbocycles. The third-order valence-corrected chi connectivity index (χ3v) is 4.36. The van der Waals surface area contributed by atoms with Crippen LogP contribution in [0.5, 0.6) is 11.5 Å². The molecule has 0 fully saturated rings. The number of hydrogen-bond acceptors (Lipinski definition) is 6. The van der Waals surface area contributed by atoms with E-state index in [1.54, 1.807) is 39.3 Å². The van der Waals surface area contributed by atoms with Crippen LogP contribution >= 0.6 is 0 Å². The molecule has 150 valence electrons. The molecule has 1 amide bonds. The average molecular weight is 392 g/mol. The van der Waals surface area contributed by atoms with Gasteiger partial charge in [-0.2, -0.15) is 0 Å². The van der Waals surface area contributed by atoms with Gasteiger partial charge in [0.2, 0.25) is 0 Å². The van der Waals surface area contributed by atoms with Gasteiger partial charge in [0.05, 0.1) is 14.2 Å². The van der Waals surface area contributed by atoms with E-state index in [4.69, 9.17) is 9.47 Å². The molecule has 0 saturated heterocycles. The zero-order valence-electron chi connectivity index (χ0n) is 17.2. The first kappa shape index (κ1) is 20.1. The summed E-state index contributed by atoms with van der Waals surface area (Å²) < 4.78 is 10.6. The molecule has 1 aromatic heterocycles. The van der Waals surface area contributed by atoms with Gasteiger partial charge in [0, 0.05) is 23.5 Å². The summed E-state index contributed by atoms with van der Waals surface area (Å²) in [6.45, 7) is 5.71. The van der Waals surface area contributed by atoms with Gasteiger partial charge in [-0.1, -0.05) is 17.7 Å². The number of nitrogens with one attached hydrogen (secondary N) is 2. The fraction of sp³-hybridized carbons (Fsp3) is 0.227. The Balaban J connectivity index is 1.83. The lowest BCUT2D eigenvalue weighted by atomic mass is 10.1. The quantitative estimate of drug-likeness (QED) is 0.646. The summed E-state index contributed by atoms with van der Waals surface area (Å²) in [7, 11) is 3.16. The Hall–Kier alpha value is -3.61. The zero-order valence-corrected chi connectivity index (χ0v) is 17.2. The molecule has 3 rings (SSSR count). The lowest BCUT2D eigenvalue weighted by Crippen LogP contribution is -2.16. The second-order valence-electron chi connectivity index (χ2n) is 6.65. The van der Waals surface area contributed by atoms with Crippen molar-refractivity contribution in [3.05, 3.63) is 65.1 Å². The first-order chi connectivity index (χ1) is 13.9. The highest BCUT2D eigenvalue weighted by Gasteiger charge is 2.13. The van der Waals surface area contributed by atoms with Gasteiger partial charge in [-0.05, 0) is 44.5 Å². The van der Waals surface area contributed by atoms with Gasteiger partial charge in [-0.3, -0.25) is 4.79 Å². The summed E-state index contributed by atoms with van der Waals surface area (Å²) in [5.74, 6) is 1.93. The summed E-state index contributed by atoms with van der Waals surface area (Å²) in [4.78, 5) is 21.4. The van der Waals surface area contributed by atoms with Crippen LogP contribution in [-0.4, -0.2) is 30.1 Å². The lowest BCUT2D eigenvalue weighted by molar-refractivity contribution is 0.102. The van der Waals surface area contributed by atoms with E-state index in [1.807, 2.05) is 38.1 Å². The average Bonchev–Trinajstić information content (AvgIpc) is 2.69. The third kappa shape index (κ3) is 4.82. The second-order valence-corrected chi connectivity index (χ2v) is 6.65. The molecule has 3 aromatic rings. The Bertz CT molecular complexity index is 1050. The summed E-state index contributed by atoms with van der Waals surface area (Å²) in [6, 6.07) is 12.9. The molecular weight excluding hydrogens is 368 g/mol. The molecule has 0 spiro atoms. The molecule has 0 aliphatic rings. The zero-order chi connectivity index (χ0) is 21.0. The largest absolute Gasteiger partial charge is 0.493 e. The molecule has 0 saturated carbocycles. The molecule has 0 unspecified atom stereocenters. The van der Waals surface area contributed by atoms with Crippen LogP contribution in [0, 0.1) is 20.8 Å². The summed E-state index contributed by atoms with van der Waals surface area (Å²) in [5.41, 5.74) is 3.92. The van der Waals surface area contributed by atoms with Crippen LogP contribution < -0.4 is 20.1 Å². The number of aromatic nitrogens is 2. The minimum absolute atomic E-state index is 0.278. The van der Waals surface area contributed by atoms with Gasteiger partial charge >= 0.3 is 0 Å². The molecule has 7 heteroatoms. The molecule has 0 aliphatic heterocycles. The minimum Gasteiger partial charge on any atom is -0.493 e. The van der Waals surface area contributed by atoms with Crippen molar-refractivity contribution in [2.75, 3.05) is 24.9 Å². The summed E-state index contributed by atoms with van der Waals surface area (Å²) in [6.07, 6.45) is 0. The van der Waals surface area contributed by atoms with E-state index in [9.17, 15) is 4.79 Å². The molecular formula is C22H24N4O3. The van der Waals surface area contributed by atoms with E-state index < -0.39 is 0 Å². The third-order valence-electron chi connectivity index (χ3n) is 4.36. The minimum atomic E-state index is -0.294. The summed E-state index contributed by atoms with van der Waals surface area (Å²) in [5, 5.41) is 6.09. The number of methoxy groups -OCH3 is 2. The van der Waals surface area contributed by atoms with Crippen molar-refractivity contribution in [3.8, 4) is 11.5 Å². The van der Waals surface area contributed by atoms with Crippen molar-refractivity contribution in [1.29, 1.82) is 0 Å². The van der Waals surface area contributed by atoms with Crippen LogP contribution in [0.25, 0.3) is 0 Å². The van der Waals surface area contributed by atoms with Crippen LogP contribution in [0.15, 0.2) is 42.5 Å². The van der Waals surface area contributed by atoms with Crippen LogP contribution in [0.3, 0.4) is 0 Å². The first-order valence-electron chi connectivity index (χ1n) is 9.13. The number of rotatable bonds is 6. The Morgan fingerprint density at radius 3 is 2.34 bits per heavy atom. The van der Waals surface area contributed by atoms with Crippen LogP contribution in [0.4, 0.5) is 17.2 Å². The second kappa shape index (κ2) is 8.60. The van der Waals surface area contributed by atoms with E-state index in [1.165, 1.54) is 0 Å². The lowest BCUT2D eigenvalue weighted by Gasteiger charge is -2.12. The number of carbonyl (C=O) groups is 1. The number of hydrogen-bond donors (Lipinski definition) is 2. The highest BCUT2D eigenvalue weighted by Crippen LogP contribution is 2.31. The molecule has 1 heterocycles. The fourth-order valence-electron chi connectivity index (χ4n) is 2.95. The molecule has 0 atom stereocenters. The Kier molecular flexibility index (Phi) is 5.97. The number of nitrogens with zero attached hydrogens (tertiary/aromatic N) is 2. The Labute approximate surface area is 170 Å². The van der Waals surface area contributed by atoms with E-state index in [2.05, 4.69) is 20.6 Å². The van der Waals surface area contributed by atoms with Crippen LogP contribution in [-0.2, 0) is 0 Å². The molecule has 2 aromatic carbocycles. The van der Waals surface area contributed by atoms with Gasteiger partial charge < -0.3 is 20.1 Å². The number of aryl methyl sites for hydroxylation is 3. The number of amides is 1. The maximum Gasteiger partial charge on any atom is 0.274 e. The normalized spacial score (nSPS) is 10.4. The number of benzene rings is 2. The maximum absolute atomic E-state index is 12.7. The predicted octanol–water partition coefficient (Wildman–Crippen LogP) is 4.41. The summed E-state index contributed by atoms with van der Waals surface area (Å²) >= 11 is 0. The van der Waals surface area contributed by atoms with Gasteiger partial charge in [-0.15, -0.1) is 0 Å². The maximum atomic E-state index is 12.7. The van der Waals surface area contributed by atoms with Crippen LogP contribution in [0.1, 0.15) is 27.4 Å². The first-order valence-corrected chi connectivity index (χ1v) is 9.13. The molecule has 0 radical (unpaired) electrons. The van der Waals surface area contributed by atoms with Crippen LogP contribution in [0.2, 0.25) is 0 Å². The molecule has 29 heavy (non-hydrogen) atoms. The van der Waals surface area contributed by atoms with E-state index in [0.717, 1.165) is 22.5 Å². The van der Waals surface area contributed by atoms with Crippen molar-refractivity contribution in [1.82, 2.24) is 9.97 Å². The Morgan fingerprint density at radius 1 is 0.897 bits per heavy atom. The van der Waals surface area contributed by atoms with Gasteiger partial charge in [0.1, 0.15) is 17.3 Å². The SMILES string of the molecule is COc1ccc(Nc2cc(C(=O)Nc3ccc(C)cc3C)nc(C)n2)cc1OC. The topological polar surface area (TPSA) is 85.4 Å². The predicted molar refractivity (Wildman–Crippen MR) is 113 cm³/mol. The fourth-order valence-corrected chi connectivity index (χ4v) is 2.95. The highest BCUT2D eigenvalue weighted by atomic mass is 16.5. The number of carbonyl (C=O) groups excluding carboxylic acids is 1. The van der Waals surface area contributed by atoms with E-state index in [0.29, 0.717) is 23.1 Å². The van der Waals surface area contributed by atoms with Crippen molar-refractivity contribution < 1.29 is 14.3 Å². The smallest absolute Gasteiger partial charge is 0.274 e. The van der Waals surface area contributed by atoms with E-state index in [-0.39, 0.29) is 11.6 Å². The molecule has 0 bridgehead atoms. The van der Waals surface area contributed by atoms with Gasteiger partial charge in [0.25, 0.3) is 5.91 Å². The monoisotopic (exact) mass is 392 g/mol. The van der Waals surface area contributed by atoms with Gasteiger partial charge in [0.15, 0.2) is 11.5 Å². The standard InChI is InChI=1S/C22H24N4O3/c1-13-6-8-17(14(2)10-13)26-22(27)18-12-21(24-15(3)23-18)25-16-7-9-19(28-4)20(11-16)29-5/h6-12H,1-5H3,(H,26,27)(H,23,24,25). The van der Waals surface area contributed by atoms with Crippen molar-refractivity contribution in [3.63, 3.8) is 0 Å². The Morgan fingerprint density at radius 2 is 1.66 bits per heavy atom. The van der Waals surface area contributed by atoms with Crippen molar-refractivity contribution in [2.45, 2.75) is 20.8 Å². The molecule has 2 N–H and O–H groups in total.